The molecule has 0 aromatic heterocycles. The summed E-state index contributed by atoms with van der Waals surface area (Å²) in [4.78, 5) is 20.0. The Labute approximate surface area is 76.8 Å². The van der Waals surface area contributed by atoms with E-state index in [4.69, 9.17) is 0 Å². The molecule has 0 saturated carbocycles. The molecule has 67 valence electrons. The van der Waals surface area contributed by atoms with E-state index in [2.05, 4.69) is 5.32 Å². The monoisotopic (exact) mass is 176 g/mol. The molecule has 1 aromatic rings. The molecule has 1 amide bonds. The van der Waals surface area contributed by atoms with Crippen LogP contribution in [-0.2, 0) is 22.6 Å². The van der Waals surface area contributed by atoms with Crippen LogP contribution in [-0.4, -0.2) is 12.7 Å². The number of benzene rings is 1. The quantitative estimate of drug-likeness (QED) is 0.667. The smallest absolute Gasteiger partial charge is 0.207 e. The number of nitrogens with one attached hydrogen (secondary N) is 1. The van der Waals surface area contributed by atoms with E-state index in [9.17, 15) is 9.59 Å². The maximum absolute atomic E-state index is 10.0. The number of rotatable bonds is 5. The van der Waals surface area contributed by atoms with Crippen molar-refractivity contribution in [1.29, 1.82) is 0 Å². The minimum atomic E-state index is 0.321. The summed E-state index contributed by atoms with van der Waals surface area (Å²) in [6.45, 7) is 0.522. The van der Waals surface area contributed by atoms with Crippen LogP contribution in [0.25, 0.3) is 0 Å². The average Bonchev–Trinajstić information content (AvgIpc) is 2.17. The van der Waals surface area contributed by atoms with Gasteiger partial charge in [0.2, 0.25) is 12.7 Å². The standard InChI is InChI=1S/C10H10NO2/c12-6-5-9-1-3-10(4-2-9)7-11-8-13/h1-4,8H,5,7H2,(H,11,13). The SMILES string of the molecule is O=[C]Cc1ccc(CNC=O)cc1. The van der Waals surface area contributed by atoms with Gasteiger partial charge in [0.25, 0.3) is 0 Å². The van der Waals surface area contributed by atoms with Crippen molar-refractivity contribution in [1.82, 2.24) is 5.32 Å². The molecule has 0 aliphatic heterocycles. The minimum Gasteiger partial charge on any atom is -0.355 e. The normalized spacial score (nSPS) is 9.23. The van der Waals surface area contributed by atoms with E-state index in [1.54, 1.807) is 0 Å². The lowest BCUT2D eigenvalue weighted by molar-refractivity contribution is -0.109. The molecule has 1 N–H and O–H groups in total. The van der Waals surface area contributed by atoms with E-state index in [1.165, 1.54) is 0 Å². The van der Waals surface area contributed by atoms with Gasteiger partial charge < -0.3 is 5.32 Å². The fourth-order valence-corrected chi connectivity index (χ4v) is 1.02. The van der Waals surface area contributed by atoms with E-state index in [0.29, 0.717) is 19.4 Å². The molecule has 0 saturated heterocycles. The number of carbonyl (C=O) groups excluding carboxylic acids is 2. The average molecular weight is 176 g/mol. The van der Waals surface area contributed by atoms with Crippen LogP contribution < -0.4 is 5.32 Å². The van der Waals surface area contributed by atoms with Crippen molar-refractivity contribution in [2.24, 2.45) is 0 Å². The fourth-order valence-electron chi connectivity index (χ4n) is 1.02. The van der Waals surface area contributed by atoms with Crippen molar-refractivity contribution in [3.05, 3.63) is 35.4 Å². The summed E-state index contributed by atoms with van der Waals surface area (Å²) in [6.07, 6.45) is 2.81. The highest BCUT2D eigenvalue weighted by Gasteiger charge is 1.93. The molecule has 0 atom stereocenters. The molecule has 0 fully saturated rings. The molecule has 0 bridgehead atoms. The van der Waals surface area contributed by atoms with Crippen LogP contribution in [0.3, 0.4) is 0 Å². The van der Waals surface area contributed by atoms with E-state index < -0.39 is 0 Å². The van der Waals surface area contributed by atoms with Gasteiger partial charge in [-0.25, -0.2) is 0 Å². The Morgan fingerprint density at radius 2 is 1.85 bits per heavy atom. The third kappa shape index (κ3) is 3.07. The van der Waals surface area contributed by atoms with Gasteiger partial charge in [-0.3, -0.25) is 9.59 Å². The second-order valence-electron chi connectivity index (χ2n) is 2.64. The summed E-state index contributed by atoms with van der Waals surface area (Å²) in [7, 11) is 0. The molecule has 3 nitrogen and oxygen atoms in total. The topological polar surface area (TPSA) is 46.2 Å². The maximum atomic E-state index is 10.0. The lowest BCUT2D eigenvalue weighted by Gasteiger charge is -2.00. The van der Waals surface area contributed by atoms with Crippen molar-refractivity contribution >= 4 is 12.7 Å². The lowest BCUT2D eigenvalue weighted by Crippen LogP contribution is -2.09. The summed E-state index contributed by atoms with van der Waals surface area (Å²) in [5.41, 5.74) is 1.95. The minimum absolute atomic E-state index is 0.321. The maximum Gasteiger partial charge on any atom is 0.207 e. The van der Waals surface area contributed by atoms with Gasteiger partial charge in [0.15, 0.2) is 0 Å². The largest absolute Gasteiger partial charge is 0.355 e. The zero-order chi connectivity index (χ0) is 9.52. The van der Waals surface area contributed by atoms with Crippen molar-refractivity contribution in [3.63, 3.8) is 0 Å². The Balaban J connectivity index is 2.58. The summed E-state index contributed by atoms with van der Waals surface area (Å²) in [6, 6.07) is 7.46. The predicted octanol–water partition coefficient (Wildman–Crippen LogP) is 0.585. The molecule has 0 heterocycles. The highest BCUT2D eigenvalue weighted by Crippen LogP contribution is 2.03. The molecule has 1 radical (unpaired) electrons. The van der Waals surface area contributed by atoms with Gasteiger partial charge in [-0.1, -0.05) is 24.3 Å². The Kier molecular flexibility index (Phi) is 3.70. The third-order valence-electron chi connectivity index (χ3n) is 1.69. The van der Waals surface area contributed by atoms with Gasteiger partial charge in [-0.2, -0.15) is 0 Å². The molecule has 13 heavy (non-hydrogen) atoms. The van der Waals surface area contributed by atoms with Crippen molar-refractivity contribution in [3.8, 4) is 0 Å². The fraction of sp³-hybridized carbons (Fsp3) is 0.200. The molecule has 1 rings (SSSR count). The van der Waals surface area contributed by atoms with E-state index in [1.807, 2.05) is 30.6 Å². The van der Waals surface area contributed by atoms with E-state index in [0.717, 1.165) is 11.1 Å². The lowest BCUT2D eigenvalue weighted by atomic mass is 10.1. The highest BCUT2D eigenvalue weighted by molar-refractivity contribution is 5.55. The van der Waals surface area contributed by atoms with Crippen LogP contribution >= 0.6 is 0 Å². The Morgan fingerprint density at radius 1 is 1.23 bits per heavy atom. The van der Waals surface area contributed by atoms with Gasteiger partial charge in [0.05, 0.1) is 0 Å². The van der Waals surface area contributed by atoms with Crippen molar-refractivity contribution < 1.29 is 9.59 Å². The van der Waals surface area contributed by atoms with Crippen LogP contribution in [0.4, 0.5) is 0 Å². The van der Waals surface area contributed by atoms with Gasteiger partial charge in [0, 0.05) is 13.0 Å². The van der Waals surface area contributed by atoms with Crippen molar-refractivity contribution in [2.75, 3.05) is 0 Å². The summed E-state index contributed by atoms with van der Waals surface area (Å²) in [5.74, 6) is 0. The molecule has 0 aliphatic carbocycles. The molecule has 0 aliphatic rings. The first kappa shape index (κ1) is 9.45. The number of amides is 1. The van der Waals surface area contributed by atoms with Crippen LogP contribution in [0.5, 0.6) is 0 Å². The summed E-state index contributed by atoms with van der Waals surface area (Å²) in [5, 5.41) is 2.56. The van der Waals surface area contributed by atoms with Crippen molar-refractivity contribution in [2.45, 2.75) is 13.0 Å². The number of hydrogen-bond acceptors (Lipinski definition) is 2. The van der Waals surface area contributed by atoms with Crippen LogP contribution in [0.15, 0.2) is 24.3 Å². The second kappa shape index (κ2) is 5.09. The summed E-state index contributed by atoms with van der Waals surface area (Å²) >= 11 is 0. The van der Waals surface area contributed by atoms with Crippen LogP contribution in [0.2, 0.25) is 0 Å². The van der Waals surface area contributed by atoms with Gasteiger partial charge in [0.1, 0.15) is 0 Å². The Bertz CT molecular complexity index is 279. The first-order chi connectivity index (χ1) is 6.36. The first-order valence-electron chi connectivity index (χ1n) is 3.96. The zero-order valence-corrected chi connectivity index (χ0v) is 7.12. The number of hydrogen-bond donors (Lipinski definition) is 1. The van der Waals surface area contributed by atoms with Gasteiger partial charge >= 0.3 is 0 Å². The molecular weight excluding hydrogens is 166 g/mol. The third-order valence-corrected chi connectivity index (χ3v) is 1.69. The van der Waals surface area contributed by atoms with E-state index >= 15 is 0 Å². The molecule has 3 heteroatoms. The van der Waals surface area contributed by atoms with Crippen LogP contribution in [0, 0.1) is 0 Å². The molecular formula is C10H10NO2. The second-order valence-corrected chi connectivity index (χ2v) is 2.64. The van der Waals surface area contributed by atoms with Crippen LogP contribution in [0.1, 0.15) is 11.1 Å². The Hall–Kier alpha value is -1.64. The molecule has 1 aromatic carbocycles. The molecule has 0 spiro atoms. The molecule has 0 unspecified atom stereocenters. The number of carbonyl (C=O) groups is 1. The van der Waals surface area contributed by atoms with Gasteiger partial charge in [-0.15, -0.1) is 0 Å². The van der Waals surface area contributed by atoms with Gasteiger partial charge in [-0.05, 0) is 11.1 Å². The van der Waals surface area contributed by atoms with E-state index in [-0.39, 0.29) is 0 Å². The Morgan fingerprint density at radius 3 is 2.38 bits per heavy atom. The predicted molar refractivity (Wildman–Crippen MR) is 48.7 cm³/mol. The summed E-state index contributed by atoms with van der Waals surface area (Å²) < 4.78 is 0. The first-order valence-corrected chi connectivity index (χ1v) is 3.96. The zero-order valence-electron chi connectivity index (χ0n) is 7.12. The highest BCUT2D eigenvalue weighted by atomic mass is 16.1.